The number of hydrazine groups is 1. The molecule has 0 aliphatic carbocycles. The Morgan fingerprint density at radius 1 is 1.29 bits per heavy atom. The van der Waals surface area contributed by atoms with Gasteiger partial charge in [-0.15, -0.1) is 0 Å². The molecule has 0 saturated carbocycles. The number of nitrogens with zero attached hydrogens (tertiary/aromatic N) is 1. The highest BCUT2D eigenvalue weighted by Gasteiger charge is 2.16. The summed E-state index contributed by atoms with van der Waals surface area (Å²) in [6, 6.07) is 4.44. The Balaban J connectivity index is 2.05. The molecule has 2 N–H and O–H groups in total. The van der Waals surface area contributed by atoms with Crippen molar-refractivity contribution >= 4 is 17.5 Å². The second kappa shape index (κ2) is 5.38. The van der Waals surface area contributed by atoms with E-state index in [1.165, 1.54) is 18.6 Å². The van der Waals surface area contributed by atoms with Gasteiger partial charge in [0, 0.05) is 18.1 Å². The summed E-state index contributed by atoms with van der Waals surface area (Å²) >= 11 is 5.80. The number of amides is 1. The zero-order chi connectivity index (χ0) is 12.3. The molecule has 1 heterocycles. The van der Waals surface area contributed by atoms with Crippen molar-refractivity contribution in [3.63, 3.8) is 0 Å². The normalized spacial score (nSPS) is 16.8. The first kappa shape index (κ1) is 12.2. The molecule has 1 amide bonds. The quantitative estimate of drug-likeness (QED) is 0.851. The minimum atomic E-state index is -0.313. The van der Waals surface area contributed by atoms with Crippen molar-refractivity contribution in [1.29, 1.82) is 0 Å². The lowest BCUT2D eigenvalue weighted by molar-refractivity contribution is 0.0747. The molecule has 0 spiro atoms. The lowest BCUT2D eigenvalue weighted by Gasteiger charge is -2.26. The second-order valence-electron chi connectivity index (χ2n) is 4.15. The molecule has 1 aromatic rings. The summed E-state index contributed by atoms with van der Waals surface area (Å²) in [4.78, 5) is 11.9. The molecule has 1 fully saturated rings. The molecule has 4 nitrogen and oxygen atoms in total. The molecule has 1 saturated heterocycles. The zero-order valence-electron chi connectivity index (χ0n) is 9.45. The standard InChI is InChI=1S/C12H15ClN2O2/c13-9-4-5-11(16)10(8-9)12(17)14-15-6-2-1-3-7-15/h4-5,8,16H,1-3,6-7H2,(H,14,17). The van der Waals surface area contributed by atoms with E-state index >= 15 is 0 Å². The van der Waals surface area contributed by atoms with E-state index in [0.717, 1.165) is 25.9 Å². The van der Waals surface area contributed by atoms with Gasteiger partial charge in [-0.1, -0.05) is 18.0 Å². The van der Waals surface area contributed by atoms with Gasteiger partial charge in [0.2, 0.25) is 0 Å². The van der Waals surface area contributed by atoms with Gasteiger partial charge in [0.05, 0.1) is 5.56 Å². The molecule has 1 aliphatic heterocycles. The number of benzene rings is 1. The molecule has 2 rings (SSSR count). The van der Waals surface area contributed by atoms with Crippen molar-refractivity contribution in [3.05, 3.63) is 28.8 Å². The van der Waals surface area contributed by atoms with Crippen LogP contribution in [0.25, 0.3) is 0 Å². The Labute approximate surface area is 105 Å². The predicted molar refractivity (Wildman–Crippen MR) is 66.0 cm³/mol. The van der Waals surface area contributed by atoms with Gasteiger partial charge in [-0.3, -0.25) is 10.2 Å². The third-order valence-electron chi connectivity index (χ3n) is 2.82. The SMILES string of the molecule is O=C(NN1CCCCC1)c1cc(Cl)ccc1O. The molecular weight excluding hydrogens is 240 g/mol. The van der Waals surface area contributed by atoms with E-state index < -0.39 is 0 Å². The van der Waals surface area contributed by atoms with E-state index in [4.69, 9.17) is 11.6 Å². The highest BCUT2D eigenvalue weighted by Crippen LogP contribution is 2.21. The van der Waals surface area contributed by atoms with Gasteiger partial charge in [-0.25, -0.2) is 5.01 Å². The number of halogens is 1. The summed E-state index contributed by atoms with van der Waals surface area (Å²) in [6.07, 6.45) is 3.37. The van der Waals surface area contributed by atoms with Crippen LogP contribution in [0.4, 0.5) is 0 Å². The number of aromatic hydroxyl groups is 1. The van der Waals surface area contributed by atoms with E-state index in [-0.39, 0.29) is 17.2 Å². The van der Waals surface area contributed by atoms with Gasteiger partial charge in [0.15, 0.2) is 0 Å². The van der Waals surface area contributed by atoms with Gasteiger partial charge < -0.3 is 5.11 Å². The molecule has 0 radical (unpaired) electrons. The van der Waals surface area contributed by atoms with Crippen LogP contribution in [0.3, 0.4) is 0 Å². The van der Waals surface area contributed by atoms with Crippen LogP contribution in [0, 0.1) is 0 Å². The molecule has 0 atom stereocenters. The number of phenols is 1. The maximum Gasteiger partial charge on any atom is 0.269 e. The van der Waals surface area contributed by atoms with E-state index in [1.54, 1.807) is 6.07 Å². The van der Waals surface area contributed by atoms with Crippen molar-refractivity contribution in [2.75, 3.05) is 13.1 Å². The fourth-order valence-electron chi connectivity index (χ4n) is 1.90. The number of carbonyl (C=O) groups is 1. The smallest absolute Gasteiger partial charge is 0.269 e. The summed E-state index contributed by atoms with van der Waals surface area (Å²) in [6.45, 7) is 1.71. The van der Waals surface area contributed by atoms with Crippen LogP contribution in [0.5, 0.6) is 5.75 Å². The van der Waals surface area contributed by atoms with E-state index in [2.05, 4.69) is 5.43 Å². The van der Waals surface area contributed by atoms with E-state index in [9.17, 15) is 9.90 Å². The Bertz CT molecular complexity index is 417. The van der Waals surface area contributed by atoms with Crippen LogP contribution in [-0.4, -0.2) is 29.1 Å². The summed E-state index contributed by atoms with van der Waals surface area (Å²) in [5, 5.41) is 11.9. The van der Waals surface area contributed by atoms with E-state index in [1.807, 2.05) is 5.01 Å². The zero-order valence-corrected chi connectivity index (χ0v) is 10.2. The average Bonchev–Trinajstić information content (AvgIpc) is 2.33. The van der Waals surface area contributed by atoms with Gasteiger partial charge in [-0.05, 0) is 31.0 Å². The predicted octanol–water partition coefficient (Wildman–Crippen LogP) is 2.18. The average molecular weight is 255 g/mol. The topological polar surface area (TPSA) is 52.6 Å². The van der Waals surface area contributed by atoms with Gasteiger partial charge in [0.25, 0.3) is 5.91 Å². The summed E-state index contributed by atoms with van der Waals surface area (Å²) in [7, 11) is 0. The maximum atomic E-state index is 11.9. The minimum Gasteiger partial charge on any atom is -0.507 e. The molecule has 5 heteroatoms. The van der Waals surface area contributed by atoms with Crippen LogP contribution in [0.1, 0.15) is 29.6 Å². The monoisotopic (exact) mass is 254 g/mol. The van der Waals surface area contributed by atoms with Crippen LogP contribution < -0.4 is 5.43 Å². The Morgan fingerprint density at radius 3 is 2.71 bits per heavy atom. The molecule has 0 unspecified atom stereocenters. The number of hydrogen-bond donors (Lipinski definition) is 2. The van der Waals surface area contributed by atoms with Crippen molar-refractivity contribution in [1.82, 2.24) is 10.4 Å². The lowest BCUT2D eigenvalue weighted by Crippen LogP contribution is -2.45. The molecule has 1 aliphatic rings. The van der Waals surface area contributed by atoms with E-state index in [0.29, 0.717) is 5.02 Å². The molecule has 0 aromatic heterocycles. The summed E-state index contributed by atoms with van der Waals surface area (Å²) in [5.41, 5.74) is 2.99. The number of piperidine rings is 1. The number of phenolic OH excluding ortho intramolecular Hbond substituents is 1. The summed E-state index contributed by atoms with van der Waals surface area (Å²) in [5.74, 6) is -0.365. The first-order chi connectivity index (χ1) is 8.16. The number of rotatable bonds is 2. The Hall–Kier alpha value is -1.26. The number of nitrogens with one attached hydrogen (secondary N) is 1. The van der Waals surface area contributed by atoms with Crippen LogP contribution in [0.15, 0.2) is 18.2 Å². The fourth-order valence-corrected chi connectivity index (χ4v) is 2.07. The van der Waals surface area contributed by atoms with Crippen molar-refractivity contribution < 1.29 is 9.90 Å². The number of carbonyl (C=O) groups excluding carboxylic acids is 1. The first-order valence-electron chi connectivity index (χ1n) is 5.71. The largest absolute Gasteiger partial charge is 0.507 e. The Kier molecular flexibility index (Phi) is 3.86. The molecule has 0 bridgehead atoms. The Morgan fingerprint density at radius 2 is 2.00 bits per heavy atom. The number of hydrogen-bond acceptors (Lipinski definition) is 3. The van der Waals surface area contributed by atoms with Gasteiger partial charge >= 0.3 is 0 Å². The van der Waals surface area contributed by atoms with Crippen molar-refractivity contribution in [2.24, 2.45) is 0 Å². The minimum absolute atomic E-state index is 0.0519. The van der Waals surface area contributed by atoms with Crippen molar-refractivity contribution in [2.45, 2.75) is 19.3 Å². The highest BCUT2D eigenvalue weighted by molar-refractivity contribution is 6.31. The maximum absolute atomic E-state index is 11.9. The fraction of sp³-hybridized carbons (Fsp3) is 0.417. The second-order valence-corrected chi connectivity index (χ2v) is 4.59. The van der Waals surface area contributed by atoms with Crippen LogP contribution in [0.2, 0.25) is 5.02 Å². The molecule has 17 heavy (non-hydrogen) atoms. The van der Waals surface area contributed by atoms with Crippen molar-refractivity contribution in [3.8, 4) is 5.75 Å². The summed E-state index contributed by atoms with van der Waals surface area (Å²) < 4.78 is 0. The first-order valence-corrected chi connectivity index (χ1v) is 6.09. The van der Waals surface area contributed by atoms with Gasteiger partial charge in [-0.2, -0.15) is 0 Å². The molecule has 1 aromatic carbocycles. The highest BCUT2D eigenvalue weighted by atomic mass is 35.5. The lowest BCUT2D eigenvalue weighted by atomic mass is 10.1. The van der Waals surface area contributed by atoms with Gasteiger partial charge in [0.1, 0.15) is 5.75 Å². The third-order valence-corrected chi connectivity index (χ3v) is 3.05. The van der Waals surface area contributed by atoms with Crippen LogP contribution >= 0.6 is 11.6 Å². The van der Waals surface area contributed by atoms with Crippen LogP contribution in [-0.2, 0) is 0 Å². The molecular formula is C12H15ClN2O2. The third kappa shape index (κ3) is 3.11. The molecule has 92 valence electrons.